The van der Waals surface area contributed by atoms with Crippen molar-refractivity contribution in [2.45, 2.75) is 19.9 Å². The molecule has 0 aliphatic carbocycles. The zero-order valence-corrected chi connectivity index (χ0v) is 10.6. The van der Waals surface area contributed by atoms with Crippen LogP contribution in [0.5, 0.6) is 0 Å². The number of rotatable bonds is 5. The molecule has 1 aliphatic heterocycles. The molecule has 0 amide bonds. The predicted molar refractivity (Wildman–Crippen MR) is 60.2 cm³/mol. The van der Waals surface area contributed by atoms with Crippen LogP contribution in [0.3, 0.4) is 0 Å². The monoisotopic (exact) mass is 252 g/mol. The highest BCUT2D eigenvalue weighted by Gasteiger charge is 2.35. The molecule has 96 valence electrons. The minimum absolute atomic E-state index is 0.208. The van der Waals surface area contributed by atoms with Crippen LogP contribution >= 0.6 is 0 Å². The van der Waals surface area contributed by atoms with Gasteiger partial charge in [-0.2, -0.15) is 17.0 Å². The third kappa shape index (κ3) is 2.72. The van der Waals surface area contributed by atoms with Gasteiger partial charge in [0.25, 0.3) is 10.2 Å². The van der Waals surface area contributed by atoms with E-state index in [0.29, 0.717) is 26.2 Å². The van der Waals surface area contributed by atoms with E-state index in [9.17, 15) is 8.42 Å². The smallest absolute Gasteiger partial charge is 0.282 e. The molecule has 0 saturated carbocycles. The highest BCUT2D eigenvalue weighted by Crippen LogP contribution is 2.15. The Morgan fingerprint density at radius 3 is 2.56 bits per heavy atom. The molecule has 0 aromatic carbocycles. The molecule has 1 atom stereocenters. The molecule has 1 aliphatic rings. The molecule has 1 heterocycles. The first-order chi connectivity index (χ1) is 7.57. The zero-order valence-electron chi connectivity index (χ0n) is 9.79. The Kier molecular flexibility index (Phi) is 5.13. The van der Waals surface area contributed by atoms with Crippen LogP contribution < -0.4 is 0 Å². The van der Waals surface area contributed by atoms with Crippen LogP contribution in [0, 0.1) is 0 Å². The van der Waals surface area contributed by atoms with Crippen molar-refractivity contribution in [3.05, 3.63) is 0 Å². The summed E-state index contributed by atoms with van der Waals surface area (Å²) >= 11 is 0. The van der Waals surface area contributed by atoms with Gasteiger partial charge in [-0.3, -0.25) is 0 Å². The fourth-order valence-corrected chi connectivity index (χ4v) is 3.54. The molecular formula is C9H20N2O4S. The van der Waals surface area contributed by atoms with E-state index in [-0.39, 0.29) is 13.2 Å². The number of aliphatic hydroxyl groups excluding tert-OH is 1. The van der Waals surface area contributed by atoms with E-state index in [2.05, 4.69) is 0 Å². The lowest BCUT2D eigenvalue weighted by molar-refractivity contribution is 0.00840. The average Bonchev–Trinajstić information content (AvgIpc) is 2.30. The molecule has 1 unspecified atom stereocenters. The third-order valence-corrected chi connectivity index (χ3v) is 4.95. The molecule has 1 N–H and O–H groups in total. The van der Waals surface area contributed by atoms with Gasteiger partial charge in [0.1, 0.15) is 0 Å². The number of nitrogens with zero attached hydrogens (tertiary/aromatic N) is 2. The SMILES string of the molecule is CCN(CC)S(=O)(=O)N1CCOCC1CO. The van der Waals surface area contributed by atoms with E-state index in [0.717, 1.165) is 0 Å². The largest absolute Gasteiger partial charge is 0.395 e. The summed E-state index contributed by atoms with van der Waals surface area (Å²) in [5.41, 5.74) is 0. The van der Waals surface area contributed by atoms with Crippen molar-refractivity contribution in [1.29, 1.82) is 0 Å². The van der Waals surface area contributed by atoms with Gasteiger partial charge in [-0.15, -0.1) is 0 Å². The summed E-state index contributed by atoms with van der Waals surface area (Å²) in [6.45, 7) is 5.23. The maximum atomic E-state index is 12.2. The summed E-state index contributed by atoms with van der Waals surface area (Å²) in [4.78, 5) is 0. The summed E-state index contributed by atoms with van der Waals surface area (Å²) in [5, 5.41) is 9.15. The summed E-state index contributed by atoms with van der Waals surface area (Å²) < 4.78 is 32.3. The number of morpholine rings is 1. The van der Waals surface area contributed by atoms with Gasteiger partial charge in [0, 0.05) is 19.6 Å². The second-order valence-corrected chi connectivity index (χ2v) is 5.50. The molecule has 7 heteroatoms. The van der Waals surface area contributed by atoms with E-state index < -0.39 is 16.3 Å². The van der Waals surface area contributed by atoms with Crippen LogP contribution in [0.2, 0.25) is 0 Å². The first-order valence-electron chi connectivity index (χ1n) is 5.53. The van der Waals surface area contributed by atoms with Gasteiger partial charge >= 0.3 is 0 Å². The van der Waals surface area contributed by atoms with Gasteiger partial charge in [0.05, 0.1) is 25.9 Å². The summed E-state index contributed by atoms with van der Waals surface area (Å²) in [7, 11) is -3.46. The summed E-state index contributed by atoms with van der Waals surface area (Å²) in [6, 6.07) is -0.459. The molecule has 1 fully saturated rings. The Labute approximate surface area is 97.0 Å². The second-order valence-electron chi connectivity index (χ2n) is 3.61. The fraction of sp³-hybridized carbons (Fsp3) is 1.00. The zero-order chi connectivity index (χ0) is 12.2. The highest BCUT2D eigenvalue weighted by atomic mass is 32.2. The van der Waals surface area contributed by atoms with E-state index in [4.69, 9.17) is 9.84 Å². The van der Waals surface area contributed by atoms with Crippen molar-refractivity contribution in [2.75, 3.05) is 39.5 Å². The minimum atomic E-state index is -3.46. The topological polar surface area (TPSA) is 70.1 Å². The Balaban J connectivity index is 2.87. The standard InChI is InChI=1S/C9H20N2O4S/c1-3-10(4-2)16(13,14)11-5-6-15-8-9(11)7-12/h9,12H,3-8H2,1-2H3. The van der Waals surface area contributed by atoms with Crippen molar-refractivity contribution >= 4 is 10.2 Å². The molecule has 0 bridgehead atoms. The van der Waals surface area contributed by atoms with E-state index in [1.165, 1.54) is 8.61 Å². The first kappa shape index (κ1) is 13.9. The van der Waals surface area contributed by atoms with Crippen LogP contribution in [0.25, 0.3) is 0 Å². The first-order valence-corrected chi connectivity index (χ1v) is 6.93. The molecule has 0 spiro atoms. The summed E-state index contributed by atoms with van der Waals surface area (Å²) in [5.74, 6) is 0. The number of hydrogen-bond donors (Lipinski definition) is 1. The van der Waals surface area contributed by atoms with Crippen LogP contribution in [-0.4, -0.2) is 67.6 Å². The van der Waals surface area contributed by atoms with Crippen LogP contribution in [0.1, 0.15) is 13.8 Å². The number of ether oxygens (including phenoxy) is 1. The average molecular weight is 252 g/mol. The Bertz CT molecular complexity index is 303. The number of hydrogen-bond acceptors (Lipinski definition) is 4. The molecule has 1 saturated heterocycles. The molecule has 0 radical (unpaired) electrons. The van der Waals surface area contributed by atoms with E-state index >= 15 is 0 Å². The lowest BCUT2D eigenvalue weighted by atomic mass is 10.3. The number of aliphatic hydroxyl groups is 1. The highest BCUT2D eigenvalue weighted by molar-refractivity contribution is 7.86. The fourth-order valence-electron chi connectivity index (χ4n) is 1.79. The van der Waals surface area contributed by atoms with Crippen molar-refractivity contribution in [1.82, 2.24) is 8.61 Å². The molecule has 1 rings (SSSR count). The van der Waals surface area contributed by atoms with Crippen LogP contribution in [0.4, 0.5) is 0 Å². The summed E-state index contributed by atoms with van der Waals surface area (Å²) in [6.07, 6.45) is 0. The Morgan fingerprint density at radius 1 is 1.44 bits per heavy atom. The Morgan fingerprint density at radius 2 is 2.06 bits per heavy atom. The van der Waals surface area contributed by atoms with Gasteiger partial charge in [-0.05, 0) is 0 Å². The maximum absolute atomic E-state index is 12.2. The minimum Gasteiger partial charge on any atom is -0.395 e. The molecule has 16 heavy (non-hydrogen) atoms. The van der Waals surface area contributed by atoms with Crippen molar-refractivity contribution in [3.63, 3.8) is 0 Å². The van der Waals surface area contributed by atoms with Gasteiger partial charge in [0.15, 0.2) is 0 Å². The molecule has 0 aromatic rings. The second kappa shape index (κ2) is 5.92. The van der Waals surface area contributed by atoms with E-state index in [1.807, 2.05) is 0 Å². The maximum Gasteiger partial charge on any atom is 0.282 e. The van der Waals surface area contributed by atoms with Gasteiger partial charge in [-0.1, -0.05) is 13.8 Å². The predicted octanol–water partition coefficient (Wildman–Crippen LogP) is -0.734. The molecule has 0 aromatic heterocycles. The third-order valence-electron chi connectivity index (χ3n) is 2.71. The lowest BCUT2D eigenvalue weighted by Crippen LogP contribution is -2.55. The van der Waals surface area contributed by atoms with Crippen molar-refractivity contribution in [3.8, 4) is 0 Å². The van der Waals surface area contributed by atoms with Crippen LogP contribution in [0.15, 0.2) is 0 Å². The van der Waals surface area contributed by atoms with Gasteiger partial charge in [0.2, 0.25) is 0 Å². The molecule has 6 nitrogen and oxygen atoms in total. The lowest BCUT2D eigenvalue weighted by Gasteiger charge is -2.36. The van der Waals surface area contributed by atoms with Crippen molar-refractivity contribution < 1.29 is 18.3 Å². The molecular weight excluding hydrogens is 232 g/mol. The Hall–Kier alpha value is -0.210. The van der Waals surface area contributed by atoms with Crippen LogP contribution in [-0.2, 0) is 14.9 Å². The van der Waals surface area contributed by atoms with Crippen molar-refractivity contribution in [2.24, 2.45) is 0 Å². The normalized spacial score (nSPS) is 23.9. The van der Waals surface area contributed by atoms with Gasteiger partial charge in [-0.25, -0.2) is 0 Å². The quantitative estimate of drug-likeness (QED) is 0.700. The van der Waals surface area contributed by atoms with E-state index in [1.54, 1.807) is 13.8 Å². The van der Waals surface area contributed by atoms with Gasteiger partial charge < -0.3 is 9.84 Å².